The van der Waals surface area contributed by atoms with Crippen LogP contribution < -0.4 is 15.4 Å². The quantitative estimate of drug-likeness (QED) is 0.584. The van der Waals surface area contributed by atoms with Gasteiger partial charge in [0.15, 0.2) is 0 Å². The Kier molecular flexibility index (Phi) is 4.97. The Morgan fingerprint density at radius 3 is 2.70 bits per heavy atom. The van der Waals surface area contributed by atoms with Crippen LogP contribution in [0.1, 0.15) is 39.1 Å². The molecule has 2 N–H and O–H groups in total. The molecule has 0 bridgehead atoms. The number of benzene rings is 1. The third-order valence-corrected chi connectivity index (χ3v) is 5.79. The fraction of sp³-hybridized carbons (Fsp3) is 0.217. The van der Waals surface area contributed by atoms with Crippen LogP contribution in [-0.2, 0) is 16.1 Å². The van der Waals surface area contributed by atoms with Crippen molar-refractivity contribution in [2.45, 2.75) is 25.4 Å². The SMILES string of the molecule is COc1cnc2cc(C(=O)Nc3ccc4c(c3)CN(C3CCC(=O)NC3=O)C4=O)cnc2c1. The highest BCUT2D eigenvalue weighted by atomic mass is 16.5. The van der Waals surface area contributed by atoms with Gasteiger partial charge in [-0.25, -0.2) is 0 Å². The van der Waals surface area contributed by atoms with E-state index in [0.717, 1.165) is 0 Å². The first kappa shape index (κ1) is 20.6. The van der Waals surface area contributed by atoms with Crippen molar-refractivity contribution in [3.05, 3.63) is 59.4 Å². The van der Waals surface area contributed by atoms with E-state index in [9.17, 15) is 19.2 Å². The maximum atomic E-state index is 12.8. The number of aromatic nitrogens is 2. The molecule has 0 radical (unpaired) electrons. The van der Waals surface area contributed by atoms with E-state index in [0.29, 0.717) is 45.6 Å². The lowest BCUT2D eigenvalue weighted by molar-refractivity contribution is -0.136. The lowest BCUT2D eigenvalue weighted by Crippen LogP contribution is -2.52. The van der Waals surface area contributed by atoms with Gasteiger partial charge in [-0.05, 0) is 36.2 Å². The summed E-state index contributed by atoms with van der Waals surface area (Å²) in [5.74, 6) is -0.851. The van der Waals surface area contributed by atoms with Crippen LogP contribution in [0, 0.1) is 0 Å². The number of anilines is 1. The number of hydrogen-bond donors (Lipinski definition) is 2. The van der Waals surface area contributed by atoms with E-state index >= 15 is 0 Å². The molecule has 1 aromatic carbocycles. The molecule has 4 heterocycles. The highest BCUT2D eigenvalue weighted by Gasteiger charge is 2.39. The van der Waals surface area contributed by atoms with Crippen molar-refractivity contribution in [1.29, 1.82) is 0 Å². The van der Waals surface area contributed by atoms with Crippen molar-refractivity contribution in [2.75, 3.05) is 12.4 Å². The summed E-state index contributed by atoms with van der Waals surface area (Å²) in [7, 11) is 1.54. The Hall–Kier alpha value is -4.34. The van der Waals surface area contributed by atoms with Gasteiger partial charge >= 0.3 is 0 Å². The predicted octanol–water partition coefficient (Wildman–Crippen LogP) is 1.65. The Labute approximate surface area is 188 Å². The van der Waals surface area contributed by atoms with Gasteiger partial charge in [0, 0.05) is 36.5 Å². The van der Waals surface area contributed by atoms with Gasteiger partial charge in [-0.3, -0.25) is 34.5 Å². The number of nitrogens with one attached hydrogen (secondary N) is 2. The molecule has 0 spiro atoms. The number of hydrogen-bond acceptors (Lipinski definition) is 7. The Balaban J connectivity index is 1.33. The van der Waals surface area contributed by atoms with Gasteiger partial charge in [0.05, 0.1) is 29.9 Å². The van der Waals surface area contributed by atoms with Gasteiger partial charge in [0.25, 0.3) is 11.8 Å². The summed E-state index contributed by atoms with van der Waals surface area (Å²) in [6.07, 6.45) is 3.50. The number of piperidine rings is 1. The molecule has 1 unspecified atom stereocenters. The number of amides is 4. The molecule has 10 heteroatoms. The monoisotopic (exact) mass is 445 g/mol. The summed E-state index contributed by atoms with van der Waals surface area (Å²) >= 11 is 0. The summed E-state index contributed by atoms with van der Waals surface area (Å²) in [5.41, 5.74) is 3.19. The van der Waals surface area contributed by atoms with Gasteiger partial charge in [0.1, 0.15) is 11.8 Å². The molecule has 166 valence electrons. The summed E-state index contributed by atoms with van der Waals surface area (Å²) in [6, 6.07) is 7.67. The fourth-order valence-corrected chi connectivity index (χ4v) is 4.07. The van der Waals surface area contributed by atoms with E-state index < -0.39 is 11.9 Å². The molecule has 0 saturated carbocycles. The van der Waals surface area contributed by atoms with Gasteiger partial charge < -0.3 is 15.0 Å². The Morgan fingerprint density at radius 2 is 1.91 bits per heavy atom. The summed E-state index contributed by atoms with van der Waals surface area (Å²) in [5, 5.41) is 5.10. The van der Waals surface area contributed by atoms with E-state index in [1.807, 2.05) is 0 Å². The number of rotatable bonds is 4. The number of methoxy groups -OCH3 is 1. The van der Waals surface area contributed by atoms with Crippen molar-refractivity contribution < 1.29 is 23.9 Å². The lowest BCUT2D eigenvalue weighted by Gasteiger charge is -2.29. The number of carbonyl (C=O) groups excluding carboxylic acids is 4. The molecule has 1 saturated heterocycles. The molecule has 10 nitrogen and oxygen atoms in total. The van der Waals surface area contributed by atoms with Crippen molar-refractivity contribution in [3.63, 3.8) is 0 Å². The number of fused-ring (bicyclic) bond motifs is 2. The molecule has 3 aromatic rings. The first-order valence-corrected chi connectivity index (χ1v) is 10.3. The fourth-order valence-electron chi connectivity index (χ4n) is 4.07. The molecular formula is C23H19N5O5. The summed E-state index contributed by atoms with van der Waals surface area (Å²) in [4.78, 5) is 59.2. The zero-order valence-corrected chi connectivity index (χ0v) is 17.6. The Bertz CT molecular complexity index is 1340. The number of ether oxygens (including phenoxy) is 1. The smallest absolute Gasteiger partial charge is 0.257 e. The molecule has 33 heavy (non-hydrogen) atoms. The van der Waals surface area contributed by atoms with Gasteiger partial charge in [0.2, 0.25) is 11.8 Å². The average Bonchev–Trinajstić information content (AvgIpc) is 3.13. The molecular weight excluding hydrogens is 426 g/mol. The predicted molar refractivity (Wildman–Crippen MR) is 117 cm³/mol. The van der Waals surface area contributed by atoms with Crippen LogP contribution in [0.4, 0.5) is 5.69 Å². The van der Waals surface area contributed by atoms with Crippen LogP contribution >= 0.6 is 0 Å². The number of carbonyl (C=O) groups is 4. The number of pyridine rings is 2. The summed E-state index contributed by atoms with van der Waals surface area (Å²) in [6.45, 7) is 0.230. The highest BCUT2D eigenvalue weighted by molar-refractivity contribution is 6.07. The minimum atomic E-state index is -0.685. The lowest BCUT2D eigenvalue weighted by atomic mass is 10.0. The first-order chi connectivity index (χ1) is 15.9. The largest absolute Gasteiger partial charge is 0.495 e. The molecule has 5 rings (SSSR count). The van der Waals surface area contributed by atoms with Gasteiger partial charge in [-0.15, -0.1) is 0 Å². The van der Waals surface area contributed by atoms with Crippen LogP contribution in [0.15, 0.2) is 42.7 Å². The molecule has 4 amide bonds. The summed E-state index contributed by atoms with van der Waals surface area (Å²) < 4.78 is 5.13. The van der Waals surface area contributed by atoms with Crippen molar-refractivity contribution in [2.24, 2.45) is 0 Å². The van der Waals surface area contributed by atoms with Gasteiger partial charge in [-0.1, -0.05) is 0 Å². The molecule has 1 atom stereocenters. The van der Waals surface area contributed by atoms with Gasteiger partial charge in [-0.2, -0.15) is 0 Å². The topological polar surface area (TPSA) is 131 Å². The van der Waals surface area contributed by atoms with Crippen LogP contribution in [0.25, 0.3) is 11.0 Å². The van der Waals surface area contributed by atoms with Crippen molar-refractivity contribution in [1.82, 2.24) is 20.2 Å². The third-order valence-electron chi connectivity index (χ3n) is 5.79. The van der Waals surface area contributed by atoms with Crippen LogP contribution in [0.5, 0.6) is 5.75 Å². The molecule has 2 aliphatic heterocycles. The maximum Gasteiger partial charge on any atom is 0.257 e. The van der Waals surface area contributed by atoms with Crippen LogP contribution in [0.2, 0.25) is 0 Å². The first-order valence-electron chi connectivity index (χ1n) is 10.3. The van der Waals surface area contributed by atoms with Crippen molar-refractivity contribution >= 4 is 40.3 Å². The molecule has 2 aliphatic rings. The third kappa shape index (κ3) is 3.75. The minimum absolute atomic E-state index is 0.194. The number of imide groups is 1. The Morgan fingerprint density at radius 1 is 1.12 bits per heavy atom. The van der Waals surface area contributed by atoms with E-state index in [4.69, 9.17) is 4.74 Å². The second-order valence-corrected chi connectivity index (χ2v) is 7.86. The van der Waals surface area contributed by atoms with E-state index in [-0.39, 0.29) is 30.7 Å². The van der Waals surface area contributed by atoms with E-state index in [2.05, 4.69) is 20.6 Å². The zero-order chi connectivity index (χ0) is 23.1. The number of nitrogens with zero attached hydrogens (tertiary/aromatic N) is 3. The van der Waals surface area contributed by atoms with Crippen LogP contribution in [0.3, 0.4) is 0 Å². The van der Waals surface area contributed by atoms with E-state index in [1.54, 1.807) is 43.6 Å². The average molecular weight is 445 g/mol. The maximum absolute atomic E-state index is 12.8. The second-order valence-electron chi connectivity index (χ2n) is 7.86. The molecule has 2 aromatic heterocycles. The zero-order valence-electron chi connectivity index (χ0n) is 17.6. The normalized spacial score (nSPS) is 17.7. The molecule has 1 fully saturated rings. The van der Waals surface area contributed by atoms with Crippen molar-refractivity contribution in [3.8, 4) is 5.75 Å². The van der Waals surface area contributed by atoms with E-state index in [1.165, 1.54) is 11.1 Å². The molecule has 0 aliphatic carbocycles. The van der Waals surface area contributed by atoms with Crippen LogP contribution in [-0.4, -0.2) is 51.6 Å². The second kappa shape index (κ2) is 7.97. The standard InChI is InChI=1S/C23H19N5O5/c1-33-15-8-18-17(25-10-15)7-12(9-24-18)21(30)26-14-2-3-16-13(6-14)11-28(23(16)32)19-4-5-20(29)27-22(19)31/h2-3,6-10,19H,4-5,11H2,1H3,(H,26,30)(H,27,29,31). The highest BCUT2D eigenvalue weighted by Crippen LogP contribution is 2.29. The minimum Gasteiger partial charge on any atom is -0.495 e.